The summed E-state index contributed by atoms with van der Waals surface area (Å²) in [5, 5.41) is 14.7. The molecule has 24 heavy (non-hydrogen) atoms. The van der Waals surface area contributed by atoms with E-state index in [-0.39, 0.29) is 5.82 Å². The maximum absolute atomic E-state index is 13.5. The van der Waals surface area contributed by atoms with Crippen LogP contribution in [-0.2, 0) is 0 Å². The number of aliphatic hydroxyl groups is 1. The zero-order valence-electron chi connectivity index (χ0n) is 12.8. The van der Waals surface area contributed by atoms with Gasteiger partial charge in [-0.25, -0.2) is 9.37 Å². The molecule has 0 aliphatic heterocycles. The van der Waals surface area contributed by atoms with E-state index in [0.717, 1.165) is 5.56 Å². The van der Waals surface area contributed by atoms with Gasteiger partial charge in [0.2, 0.25) is 0 Å². The van der Waals surface area contributed by atoms with E-state index in [1.54, 1.807) is 31.5 Å². The van der Waals surface area contributed by atoms with Crippen molar-refractivity contribution in [3.05, 3.63) is 54.2 Å². The van der Waals surface area contributed by atoms with Crippen LogP contribution in [0.5, 0.6) is 0 Å². The molecule has 0 aliphatic rings. The first kappa shape index (κ1) is 14.5. The standard InChI is InChI=1S/C17H14FN5O/c1-9(24)15-6-16(19)23-17(22-15)13(8-21-23)11-4-10-5-12(18)2-3-14(10)20-7-11/h2-9,24H,19H2,1H3. The Morgan fingerprint density at radius 2 is 2.04 bits per heavy atom. The fourth-order valence-electron chi connectivity index (χ4n) is 2.67. The fourth-order valence-corrected chi connectivity index (χ4v) is 2.67. The predicted molar refractivity (Wildman–Crippen MR) is 88.7 cm³/mol. The second-order valence-electron chi connectivity index (χ2n) is 5.64. The van der Waals surface area contributed by atoms with Crippen molar-refractivity contribution >= 4 is 22.4 Å². The molecule has 0 bridgehead atoms. The first-order chi connectivity index (χ1) is 11.5. The molecule has 4 aromatic rings. The number of benzene rings is 1. The third kappa shape index (κ3) is 2.26. The molecule has 0 radical (unpaired) electrons. The molecule has 0 aliphatic carbocycles. The molecule has 6 nitrogen and oxygen atoms in total. The lowest BCUT2D eigenvalue weighted by Crippen LogP contribution is -2.05. The number of hydrogen-bond acceptors (Lipinski definition) is 5. The normalized spacial score (nSPS) is 12.8. The summed E-state index contributed by atoms with van der Waals surface area (Å²) >= 11 is 0. The number of hydrogen-bond donors (Lipinski definition) is 2. The number of aliphatic hydroxyl groups excluding tert-OH is 1. The van der Waals surface area contributed by atoms with Gasteiger partial charge in [-0.05, 0) is 31.2 Å². The van der Waals surface area contributed by atoms with Crippen LogP contribution in [0.25, 0.3) is 27.7 Å². The molecule has 1 atom stereocenters. The minimum Gasteiger partial charge on any atom is -0.387 e. The first-order valence-electron chi connectivity index (χ1n) is 7.41. The third-order valence-electron chi connectivity index (χ3n) is 3.90. The number of aromatic nitrogens is 4. The quantitative estimate of drug-likeness (QED) is 0.592. The maximum atomic E-state index is 13.5. The molecule has 0 spiro atoms. The molecule has 1 aromatic carbocycles. The molecule has 7 heteroatoms. The van der Waals surface area contributed by atoms with E-state index < -0.39 is 6.10 Å². The zero-order valence-corrected chi connectivity index (χ0v) is 12.8. The Morgan fingerprint density at radius 3 is 2.83 bits per heavy atom. The number of halogens is 1. The lowest BCUT2D eigenvalue weighted by molar-refractivity contribution is 0.194. The van der Waals surface area contributed by atoms with E-state index in [9.17, 15) is 9.50 Å². The highest BCUT2D eigenvalue weighted by molar-refractivity contribution is 5.87. The number of pyridine rings is 1. The van der Waals surface area contributed by atoms with Gasteiger partial charge in [-0.1, -0.05) is 0 Å². The van der Waals surface area contributed by atoms with Crippen LogP contribution in [-0.4, -0.2) is 24.7 Å². The largest absolute Gasteiger partial charge is 0.387 e. The van der Waals surface area contributed by atoms with Crippen LogP contribution >= 0.6 is 0 Å². The van der Waals surface area contributed by atoms with E-state index in [1.165, 1.54) is 16.6 Å². The monoisotopic (exact) mass is 323 g/mol. The Kier molecular flexibility index (Phi) is 3.17. The summed E-state index contributed by atoms with van der Waals surface area (Å²) in [7, 11) is 0. The van der Waals surface area contributed by atoms with Gasteiger partial charge in [0.25, 0.3) is 0 Å². The predicted octanol–water partition coefficient (Wildman–Crippen LogP) is 2.72. The summed E-state index contributed by atoms with van der Waals surface area (Å²) in [6, 6.07) is 7.85. The van der Waals surface area contributed by atoms with Crippen molar-refractivity contribution in [2.24, 2.45) is 0 Å². The number of anilines is 1. The lowest BCUT2D eigenvalue weighted by Gasteiger charge is -2.08. The van der Waals surface area contributed by atoms with Crippen molar-refractivity contribution in [1.82, 2.24) is 19.6 Å². The molecule has 0 fully saturated rings. The molecular formula is C17H14FN5O. The van der Waals surface area contributed by atoms with Crippen molar-refractivity contribution < 1.29 is 9.50 Å². The van der Waals surface area contributed by atoms with Gasteiger partial charge < -0.3 is 10.8 Å². The Hall–Kier alpha value is -3.06. The Bertz CT molecular complexity index is 1070. The number of nitrogen functional groups attached to an aromatic ring is 1. The molecular weight excluding hydrogens is 309 g/mol. The molecule has 0 saturated heterocycles. The van der Waals surface area contributed by atoms with E-state index in [0.29, 0.717) is 33.6 Å². The van der Waals surface area contributed by atoms with E-state index in [1.807, 2.05) is 6.07 Å². The van der Waals surface area contributed by atoms with Gasteiger partial charge in [-0.2, -0.15) is 9.61 Å². The van der Waals surface area contributed by atoms with Crippen molar-refractivity contribution in [1.29, 1.82) is 0 Å². The van der Waals surface area contributed by atoms with E-state index >= 15 is 0 Å². The Labute approximate surface area is 136 Å². The second-order valence-corrected chi connectivity index (χ2v) is 5.64. The van der Waals surface area contributed by atoms with Gasteiger partial charge >= 0.3 is 0 Å². The Morgan fingerprint density at radius 1 is 1.21 bits per heavy atom. The van der Waals surface area contributed by atoms with Gasteiger partial charge in [-0.15, -0.1) is 0 Å². The van der Waals surface area contributed by atoms with Crippen LogP contribution in [0.15, 0.2) is 42.7 Å². The minimum atomic E-state index is -0.746. The summed E-state index contributed by atoms with van der Waals surface area (Å²) in [6.45, 7) is 1.62. The molecule has 120 valence electrons. The molecule has 1 unspecified atom stereocenters. The summed E-state index contributed by atoms with van der Waals surface area (Å²) < 4.78 is 15.0. The average Bonchev–Trinajstić information content (AvgIpc) is 2.98. The molecule has 3 aromatic heterocycles. The maximum Gasteiger partial charge on any atom is 0.165 e. The van der Waals surface area contributed by atoms with Crippen LogP contribution in [0.3, 0.4) is 0 Å². The smallest absolute Gasteiger partial charge is 0.165 e. The summed E-state index contributed by atoms with van der Waals surface area (Å²) in [4.78, 5) is 8.79. The minimum absolute atomic E-state index is 0.319. The van der Waals surface area contributed by atoms with E-state index in [2.05, 4.69) is 15.1 Å². The SMILES string of the molecule is CC(O)c1cc(N)n2ncc(-c3cnc4ccc(F)cc4c3)c2n1. The highest BCUT2D eigenvalue weighted by atomic mass is 19.1. The third-order valence-corrected chi connectivity index (χ3v) is 3.90. The van der Waals surface area contributed by atoms with Gasteiger partial charge in [0.05, 0.1) is 23.5 Å². The fraction of sp³-hybridized carbons (Fsp3) is 0.118. The van der Waals surface area contributed by atoms with Crippen molar-refractivity contribution in [3.8, 4) is 11.1 Å². The molecule has 0 saturated carbocycles. The first-order valence-corrected chi connectivity index (χ1v) is 7.41. The van der Waals surface area contributed by atoms with Gasteiger partial charge in [-0.3, -0.25) is 4.98 Å². The van der Waals surface area contributed by atoms with Crippen molar-refractivity contribution in [3.63, 3.8) is 0 Å². The van der Waals surface area contributed by atoms with E-state index in [4.69, 9.17) is 5.73 Å². The molecule has 3 N–H and O–H groups in total. The molecule has 3 heterocycles. The highest BCUT2D eigenvalue weighted by Gasteiger charge is 2.14. The number of nitrogens with two attached hydrogens (primary N) is 1. The zero-order chi connectivity index (χ0) is 16.8. The topological polar surface area (TPSA) is 89.3 Å². The van der Waals surface area contributed by atoms with Crippen LogP contribution in [0, 0.1) is 5.82 Å². The van der Waals surface area contributed by atoms with Crippen LogP contribution in [0.4, 0.5) is 10.2 Å². The van der Waals surface area contributed by atoms with Gasteiger partial charge in [0.1, 0.15) is 11.6 Å². The van der Waals surface area contributed by atoms with Gasteiger partial charge in [0, 0.05) is 28.8 Å². The van der Waals surface area contributed by atoms with Crippen molar-refractivity contribution in [2.75, 3.05) is 5.73 Å². The second kappa shape index (κ2) is 5.24. The summed E-state index contributed by atoms with van der Waals surface area (Å²) in [5.74, 6) is 0.0574. The van der Waals surface area contributed by atoms with Crippen LogP contribution < -0.4 is 5.73 Å². The van der Waals surface area contributed by atoms with Crippen LogP contribution in [0.1, 0.15) is 18.7 Å². The Balaban J connectivity index is 1.96. The number of rotatable bonds is 2. The van der Waals surface area contributed by atoms with Gasteiger partial charge in [0.15, 0.2) is 5.65 Å². The number of nitrogens with zero attached hydrogens (tertiary/aromatic N) is 4. The number of fused-ring (bicyclic) bond motifs is 2. The highest BCUT2D eigenvalue weighted by Crippen LogP contribution is 2.28. The average molecular weight is 323 g/mol. The summed E-state index contributed by atoms with van der Waals surface area (Å²) in [5.41, 5.74) is 9.12. The summed E-state index contributed by atoms with van der Waals surface area (Å²) in [6.07, 6.45) is 2.57. The molecule has 4 rings (SSSR count). The lowest BCUT2D eigenvalue weighted by atomic mass is 10.1. The van der Waals surface area contributed by atoms with Crippen molar-refractivity contribution in [2.45, 2.75) is 13.0 Å². The molecule has 0 amide bonds. The van der Waals surface area contributed by atoms with Crippen LogP contribution in [0.2, 0.25) is 0 Å².